The van der Waals surface area contributed by atoms with Gasteiger partial charge in [-0.05, 0) is 92.1 Å². The average molecular weight is 454 g/mol. The number of thioether (sulfide) groups is 1. The molecule has 4 nitrogen and oxygen atoms in total. The van der Waals surface area contributed by atoms with Gasteiger partial charge in [0, 0.05) is 29.6 Å². The van der Waals surface area contributed by atoms with Gasteiger partial charge < -0.3 is 4.90 Å². The van der Waals surface area contributed by atoms with Gasteiger partial charge in [0.05, 0.1) is 4.91 Å². The molecule has 0 aromatic heterocycles. The Hall–Kier alpha value is -3.31. The van der Waals surface area contributed by atoms with Crippen molar-refractivity contribution in [3.63, 3.8) is 0 Å². The lowest BCUT2D eigenvalue weighted by Gasteiger charge is -2.42. The molecule has 0 saturated heterocycles. The molecule has 2 aliphatic rings. The molecule has 5 rings (SSSR count). The maximum Gasteiger partial charge on any atom is 0.286 e. The van der Waals surface area contributed by atoms with Gasteiger partial charge in [0.25, 0.3) is 5.91 Å². The van der Waals surface area contributed by atoms with Crippen molar-refractivity contribution >= 4 is 46.0 Å². The number of nitrogens with zero attached hydrogens (tertiary/aromatic N) is 3. The van der Waals surface area contributed by atoms with Gasteiger partial charge in [-0.25, -0.2) is 0 Å². The van der Waals surface area contributed by atoms with Crippen LogP contribution in [0.2, 0.25) is 0 Å². The second-order valence-corrected chi connectivity index (χ2v) is 10.1. The van der Waals surface area contributed by atoms with Gasteiger partial charge in [-0.1, -0.05) is 42.5 Å². The number of aliphatic imine (C=N–C) groups is 1. The zero-order valence-electron chi connectivity index (χ0n) is 19.2. The van der Waals surface area contributed by atoms with E-state index in [2.05, 4.69) is 49.0 Å². The van der Waals surface area contributed by atoms with Crippen molar-refractivity contribution in [2.45, 2.75) is 32.2 Å². The Labute approximate surface area is 199 Å². The van der Waals surface area contributed by atoms with Gasteiger partial charge in [-0.2, -0.15) is 4.99 Å². The van der Waals surface area contributed by atoms with Crippen LogP contribution in [0.1, 0.15) is 31.4 Å². The summed E-state index contributed by atoms with van der Waals surface area (Å²) in [5.41, 5.74) is 5.76. The number of anilines is 3. The molecule has 1 amide bonds. The van der Waals surface area contributed by atoms with E-state index in [1.54, 1.807) is 0 Å². The van der Waals surface area contributed by atoms with Crippen molar-refractivity contribution in [1.29, 1.82) is 0 Å². The molecule has 2 aliphatic heterocycles. The van der Waals surface area contributed by atoms with Crippen LogP contribution < -0.4 is 9.80 Å². The Morgan fingerprint density at radius 2 is 1.61 bits per heavy atom. The number of rotatable bonds is 3. The average Bonchev–Trinajstić information content (AvgIpc) is 3.17. The Morgan fingerprint density at radius 1 is 0.970 bits per heavy atom. The number of hydrogen-bond acceptors (Lipinski definition) is 4. The van der Waals surface area contributed by atoms with Crippen molar-refractivity contribution in [2.24, 2.45) is 4.99 Å². The van der Waals surface area contributed by atoms with E-state index < -0.39 is 0 Å². The second-order valence-electron chi connectivity index (χ2n) is 9.08. The lowest BCUT2D eigenvalue weighted by molar-refractivity contribution is -0.113. The topological polar surface area (TPSA) is 35.9 Å². The summed E-state index contributed by atoms with van der Waals surface area (Å²) in [7, 11) is 2.16. The highest BCUT2D eigenvalue weighted by atomic mass is 32.2. The van der Waals surface area contributed by atoms with Crippen LogP contribution >= 0.6 is 11.8 Å². The molecular weight excluding hydrogens is 426 g/mol. The minimum atomic E-state index is -0.192. The summed E-state index contributed by atoms with van der Waals surface area (Å²) in [6.07, 6.45) is 4.13. The highest BCUT2D eigenvalue weighted by Crippen LogP contribution is 2.39. The molecule has 0 radical (unpaired) electrons. The molecule has 3 aromatic carbocycles. The molecule has 0 unspecified atom stereocenters. The fourth-order valence-corrected chi connectivity index (χ4v) is 5.28. The largest absolute Gasteiger partial charge is 0.369 e. The van der Waals surface area contributed by atoms with E-state index in [-0.39, 0.29) is 11.4 Å². The Balaban J connectivity index is 1.45. The zero-order chi connectivity index (χ0) is 23.0. The Kier molecular flexibility index (Phi) is 5.59. The van der Waals surface area contributed by atoms with E-state index >= 15 is 0 Å². The molecule has 0 saturated carbocycles. The molecule has 0 fully saturated rings. The number of aryl methyl sites for hydroxylation is 1. The number of hydrogen-bond donors (Lipinski definition) is 0. The smallest absolute Gasteiger partial charge is 0.286 e. The summed E-state index contributed by atoms with van der Waals surface area (Å²) in [5.74, 6) is -0.192. The predicted molar refractivity (Wildman–Crippen MR) is 140 cm³/mol. The summed E-state index contributed by atoms with van der Waals surface area (Å²) < 4.78 is 0. The van der Waals surface area contributed by atoms with Gasteiger partial charge >= 0.3 is 0 Å². The molecule has 0 bridgehead atoms. The maximum atomic E-state index is 12.9. The second kappa shape index (κ2) is 8.56. The number of amides is 1. The first kappa shape index (κ1) is 21.5. The summed E-state index contributed by atoms with van der Waals surface area (Å²) in [4.78, 5) is 22.3. The van der Waals surface area contributed by atoms with Gasteiger partial charge in [-0.3, -0.25) is 9.69 Å². The van der Waals surface area contributed by atoms with Gasteiger partial charge in [-0.15, -0.1) is 0 Å². The van der Waals surface area contributed by atoms with E-state index in [0.717, 1.165) is 29.8 Å². The van der Waals surface area contributed by atoms with Crippen LogP contribution in [0, 0.1) is 0 Å². The molecule has 0 spiro atoms. The highest BCUT2D eigenvalue weighted by Gasteiger charge is 2.31. The van der Waals surface area contributed by atoms with Crippen LogP contribution in [-0.2, 0) is 11.2 Å². The molecular formula is C28H27N3OS. The lowest BCUT2D eigenvalue weighted by Crippen LogP contribution is -2.44. The Morgan fingerprint density at radius 3 is 2.24 bits per heavy atom. The zero-order valence-corrected chi connectivity index (χ0v) is 20.0. The fraction of sp³-hybridized carbons (Fsp3) is 0.214. The highest BCUT2D eigenvalue weighted by molar-refractivity contribution is 8.18. The third-order valence-corrected chi connectivity index (χ3v) is 7.47. The summed E-state index contributed by atoms with van der Waals surface area (Å²) in [5, 5.41) is 0.670. The van der Waals surface area contributed by atoms with Crippen molar-refractivity contribution in [3.8, 4) is 0 Å². The summed E-state index contributed by atoms with van der Waals surface area (Å²) >= 11 is 1.43. The van der Waals surface area contributed by atoms with E-state index in [0.29, 0.717) is 10.1 Å². The van der Waals surface area contributed by atoms with E-state index in [1.165, 1.54) is 23.0 Å². The van der Waals surface area contributed by atoms with E-state index in [1.807, 2.05) is 71.6 Å². The van der Waals surface area contributed by atoms with Crippen molar-refractivity contribution in [1.82, 2.24) is 0 Å². The molecule has 2 heterocycles. The Bertz CT molecular complexity index is 1210. The van der Waals surface area contributed by atoms with Gasteiger partial charge in [0.15, 0.2) is 5.17 Å². The van der Waals surface area contributed by atoms with Crippen LogP contribution in [0.5, 0.6) is 0 Å². The first-order valence-electron chi connectivity index (χ1n) is 11.2. The molecule has 33 heavy (non-hydrogen) atoms. The minimum Gasteiger partial charge on any atom is -0.369 e. The molecule has 0 N–H and O–H groups in total. The fourth-order valence-electron chi connectivity index (χ4n) is 4.33. The first-order valence-corrected chi connectivity index (χ1v) is 12.0. The quantitative estimate of drug-likeness (QED) is 0.416. The van der Waals surface area contributed by atoms with Crippen LogP contribution in [0.4, 0.5) is 17.1 Å². The van der Waals surface area contributed by atoms with Crippen molar-refractivity contribution in [2.75, 3.05) is 16.8 Å². The first-order chi connectivity index (χ1) is 15.9. The monoisotopic (exact) mass is 453 g/mol. The van der Waals surface area contributed by atoms with Crippen LogP contribution in [0.3, 0.4) is 0 Å². The minimum absolute atomic E-state index is 0.158. The molecule has 3 aromatic rings. The van der Waals surface area contributed by atoms with E-state index in [4.69, 9.17) is 0 Å². The van der Waals surface area contributed by atoms with Gasteiger partial charge in [0.1, 0.15) is 0 Å². The number of para-hydroxylation sites is 2. The number of benzene rings is 3. The molecule has 0 aliphatic carbocycles. The molecule has 0 atom stereocenters. The maximum absolute atomic E-state index is 12.9. The van der Waals surface area contributed by atoms with Crippen molar-refractivity contribution in [3.05, 3.63) is 94.9 Å². The lowest BCUT2D eigenvalue weighted by atomic mass is 9.87. The van der Waals surface area contributed by atoms with Crippen LogP contribution in [0.15, 0.2) is 88.8 Å². The third-order valence-electron chi connectivity index (χ3n) is 6.51. The standard InChI is InChI=1S/C28H27N3OS/c1-28(2)17-16-21-18-20(14-15-24(21)30(28)3)19-25-26(32)29-27(33-25)31(22-10-6-4-7-11-22)23-12-8-5-9-13-23/h4-15,18-19H,16-17H2,1-3H3. The summed E-state index contributed by atoms with van der Waals surface area (Å²) in [6.45, 7) is 4.56. The van der Waals surface area contributed by atoms with Crippen LogP contribution in [0.25, 0.3) is 6.08 Å². The molecule has 5 heteroatoms. The van der Waals surface area contributed by atoms with E-state index in [9.17, 15) is 4.79 Å². The van der Waals surface area contributed by atoms with Crippen molar-refractivity contribution < 1.29 is 4.79 Å². The number of carbonyl (C=O) groups is 1. The van der Waals surface area contributed by atoms with Gasteiger partial charge in [0.2, 0.25) is 0 Å². The van der Waals surface area contributed by atoms with Crippen LogP contribution in [-0.4, -0.2) is 23.7 Å². The number of carbonyl (C=O) groups excluding carboxylic acids is 1. The number of fused-ring (bicyclic) bond motifs is 1. The summed E-state index contributed by atoms with van der Waals surface area (Å²) in [6, 6.07) is 26.6. The molecule has 166 valence electrons. The normalized spacial score (nSPS) is 18.3. The third kappa shape index (κ3) is 4.21. The SMILES string of the molecule is CN1c2ccc(C=C3SC(N(c4ccccc4)c4ccccc4)=NC3=O)cc2CCC1(C)C. The number of amidine groups is 1. The predicted octanol–water partition coefficient (Wildman–Crippen LogP) is 6.66.